The molecule has 7 nitrogen and oxygen atoms in total. The molecule has 1 atom stereocenters. The largest absolute Gasteiger partial charge is 0.345 e. The molecule has 0 N–H and O–H groups in total. The molecule has 1 aliphatic rings. The quantitative estimate of drug-likeness (QED) is 0.615. The van der Waals surface area contributed by atoms with Crippen molar-refractivity contribution < 1.29 is 9.59 Å². The molecule has 1 saturated heterocycles. The van der Waals surface area contributed by atoms with Gasteiger partial charge in [-0.05, 0) is 13.3 Å². The second-order valence-corrected chi connectivity index (χ2v) is 8.80. The van der Waals surface area contributed by atoms with Crippen LogP contribution in [0.1, 0.15) is 39.9 Å². The first-order valence-electron chi connectivity index (χ1n) is 10.2. The summed E-state index contributed by atoms with van der Waals surface area (Å²) in [5.74, 6) is 0.749. The van der Waals surface area contributed by atoms with Crippen molar-refractivity contribution in [3.05, 3.63) is 64.7 Å². The van der Waals surface area contributed by atoms with Crippen LogP contribution in [0.2, 0.25) is 0 Å². The zero-order valence-corrected chi connectivity index (χ0v) is 18.7. The lowest BCUT2D eigenvalue weighted by Gasteiger charge is -2.16. The van der Waals surface area contributed by atoms with Gasteiger partial charge in [-0.3, -0.25) is 9.59 Å². The number of carbonyl (C=O) groups excluding carboxylic acids is 2. The molecule has 1 aromatic carbocycles. The van der Waals surface area contributed by atoms with Crippen molar-refractivity contribution in [2.45, 2.75) is 25.7 Å². The van der Waals surface area contributed by atoms with E-state index >= 15 is 0 Å². The molecule has 0 unspecified atom stereocenters. The maximum absolute atomic E-state index is 12.8. The Labute approximate surface area is 185 Å². The minimum Gasteiger partial charge on any atom is -0.345 e. The Balaban J connectivity index is 1.39. The number of benzene rings is 1. The molecule has 1 fully saturated rings. The second kappa shape index (κ2) is 8.93. The van der Waals surface area contributed by atoms with Gasteiger partial charge in [-0.15, -0.1) is 11.3 Å². The van der Waals surface area contributed by atoms with Crippen molar-refractivity contribution in [3.8, 4) is 10.6 Å². The molecular formula is C23H25N5O2S. The Morgan fingerprint density at radius 1 is 1.19 bits per heavy atom. The third-order valence-corrected chi connectivity index (χ3v) is 6.39. The van der Waals surface area contributed by atoms with Crippen molar-refractivity contribution in [2.75, 3.05) is 27.2 Å². The van der Waals surface area contributed by atoms with Crippen LogP contribution in [-0.2, 0) is 11.2 Å². The number of thiazole rings is 1. The number of aryl methyl sites for hydroxylation is 1. The fraction of sp³-hybridized carbons (Fsp3) is 0.348. The summed E-state index contributed by atoms with van der Waals surface area (Å²) >= 11 is 1.56. The van der Waals surface area contributed by atoms with Gasteiger partial charge in [-0.2, -0.15) is 0 Å². The first-order chi connectivity index (χ1) is 14.9. The Morgan fingerprint density at radius 3 is 2.68 bits per heavy atom. The molecule has 0 aliphatic carbocycles. The molecule has 2 amide bonds. The van der Waals surface area contributed by atoms with E-state index in [-0.39, 0.29) is 17.7 Å². The van der Waals surface area contributed by atoms with Crippen LogP contribution in [0, 0.1) is 6.92 Å². The molecule has 0 saturated carbocycles. The van der Waals surface area contributed by atoms with Gasteiger partial charge in [-0.1, -0.05) is 30.3 Å². The van der Waals surface area contributed by atoms with Crippen LogP contribution < -0.4 is 0 Å². The van der Waals surface area contributed by atoms with Crippen LogP contribution in [0.15, 0.2) is 41.9 Å². The molecular weight excluding hydrogens is 410 g/mol. The normalized spacial score (nSPS) is 15.8. The lowest BCUT2D eigenvalue weighted by atomic mass is 10.1. The predicted octanol–water partition coefficient (Wildman–Crippen LogP) is 3.17. The van der Waals surface area contributed by atoms with E-state index in [9.17, 15) is 9.59 Å². The van der Waals surface area contributed by atoms with Crippen LogP contribution in [0.5, 0.6) is 0 Å². The summed E-state index contributed by atoms with van der Waals surface area (Å²) in [4.78, 5) is 42.0. The Hall–Kier alpha value is -3.13. The molecule has 3 aromatic rings. The van der Waals surface area contributed by atoms with E-state index in [1.807, 2.05) is 47.5 Å². The third-order valence-electron chi connectivity index (χ3n) is 5.45. The molecule has 3 heterocycles. The van der Waals surface area contributed by atoms with Gasteiger partial charge in [0.25, 0.3) is 5.91 Å². The van der Waals surface area contributed by atoms with Crippen molar-refractivity contribution >= 4 is 23.2 Å². The first kappa shape index (κ1) is 21.1. The average molecular weight is 436 g/mol. The molecule has 8 heteroatoms. The van der Waals surface area contributed by atoms with E-state index in [0.717, 1.165) is 22.7 Å². The molecule has 160 valence electrons. The van der Waals surface area contributed by atoms with Gasteiger partial charge in [0.15, 0.2) is 0 Å². The van der Waals surface area contributed by atoms with Crippen molar-refractivity contribution in [1.29, 1.82) is 0 Å². The Bertz CT molecular complexity index is 1100. The highest BCUT2D eigenvalue weighted by atomic mass is 32.1. The summed E-state index contributed by atoms with van der Waals surface area (Å²) in [6.07, 6.45) is 2.72. The number of aromatic nitrogens is 3. The number of nitrogens with zero attached hydrogens (tertiary/aromatic N) is 5. The van der Waals surface area contributed by atoms with E-state index in [2.05, 4.69) is 15.0 Å². The maximum atomic E-state index is 12.8. The zero-order valence-electron chi connectivity index (χ0n) is 17.9. The highest BCUT2D eigenvalue weighted by molar-refractivity contribution is 7.13. The molecule has 0 radical (unpaired) electrons. The minimum absolute atomic E-state index is 0.0727. The SMILES string of the molecule is Cc1nc([C@H]2CCN(C(=O)Cc3csc(-c4ccccc4)n3)C2)ncc1C(=O)N(C)C. The van der Waals surface area contributed by atoms with E-state index in [0.29, 0.717) is 36.6 Å². The van der Waals surface area contributed by atoms with Gasteiger partial charge in [0.2, 0.25) is 5.91 Å². The number of likely N-dealkylation sites (tertiary alicyclic amines) is 1. The smallest absolute Gasteiger partial charge is 0.256 e. The summed E-state index contributed by atoms with van der Waals surface area (Å²) in [5.41, 5.74) is 3.05. The summed E-state index contributed by atoms with van der Waals surface area (Å²) in [5, 5.41) is 2.89. The molecule has 4 rings (SSSR count). The molecule has 0 spiro atoms. The van der Waals surface area contributed by atoms with Crippen LogP contribution in [0.25, 0.3) is 10.6 Å². The van der Waals surface area contributed by atoms with Gasteiger partial charge in [0, 0.05) is 50.2 Å². The monoisotopic (exact) mass is 435 g/mol. The van der Waals surface area contributed by atoms with Crippen LogP contribution in [0.4, 0.5) is 0 Å². The van der Waals surface area contributed by atoms with Crippen LogP contribution >= 0.6 is 11.3 Å². The molecule has 2 aromatic heterocycles. The predicted molar refractivity (Wildman–Crippen MR) is 120 cm³/mol. The van der Waals surface area contributed by atoms with Crippen molar-refractivity contribution in [3.63, 3.8) is 0 Å². The van der Waals surface area contributed by atoms with E-state index in [4.69, 9.17) is 0 Å². The first-order valence-corrected chi connectivity index (χ1v) is 11.1. The van der Waals surface area contributed by atoms with Gasteiger partial charge >= 0.3 is 0 Å². The average Bonchev–Trinajstić information content (AvgIpc) is 3.44. The standard InChI is InChI=1S/C23H25N5O2S/c1-15-19(23(30)27(2)3)12-24-21(25-15)17-9-10-28(13-17)20(29)11-18-14-31-22(26-18)16-7-5-4-6-8-16/h4-8,12,14,17H,9-11,13H2,1-3H3/t17-/m0/s1. The van der Waals surface area contributed by atoms with Crippen LogP contribution in [0.3, 0.4) is 0 Å². The number of hydrogen-bond donors (Lipinski definition) is 0. The second-order valence-electron chi connectivity index (χ2n) is 7.94. The van der Waals surface area contributed by atoms with Gasteiger partial charge in [-0.25, -0.2) is 15.0 Å². The zero-order chi connectivity index (χ0) is 22.0. The lowest BCUT2D eigenvalue weighted by Crippen LogP contribution is -2.30. The number of rotatable bonds is 5. The van der Waals surface area contributed by atoms with Gasteiger partial charge in [0.1, 0.15) is 10.8 Å². The third kappa shape index (κ3) is 4.64. The number of hydrogen-bond acceptors (Lipinski definition) is 6. The van der Waals surface area contributed by atoms with Crippen molar-refractivity contribution in [1.82, 2.24) is 24.8 Å². The van der Waals surface area contributed by atoms with Gasteiger partial charge < -0.3 is 9.80 Å². The van der Waals surface area contributed by atoms with Gasteiger partial charge in [0.05, 0.1) is 23.4 Å². The molecule has 0 bridgehead atoms. The van der Waals surface area contributed by atoms with E-state index in [1.165, 1.54) is 4.90 Å². The summed E-state index contributed by atoms with van der Waals surface area (Å²) in [6, 6.07) is 9.99. The number of amides is 2. The lowest BCUT2D eigenvalue weighted by molar-refractivity contribution is -0.129. The fourth-order valence-corrected chi connectivity index (χ4v) is 4.52. The highest BCUT2D eigenvalue weighted by Crippen LogP contribution is 2.27. The summed E-state index contributed by atoms with van der Waals surface area (Å²) in [7, 11) is 3.42. The Kier molecular flexibility index (Phi) is 6.08. The maximum Gasteiger partial charge on any atom is 0.256 e. The van der Waals surface area contributed by atoms with Crippen LogP contribution in [-0.4, -0.2) is 63.8 Å². The van der Waals surface area contributed by atoms with Crippen molar-refractivity contribution in [2.24, 2.45) is 0 Å². The fourth-order valence-electron chi connectivity index (χ4n) is 3.70. The topological polar surface area (TPSA) is 79.3 Å². The number of carbonyl (C=O) groups is 2. The van der Waals surface area contributed by atoms with E-state index in [1.54, 1.807) is 31.6 Å². The molecule has 31 heavy (non-hydrogen) atoms. The molecule has 1 aliphatic heterocycles. The summed E-state index contributed by atoms with van der Waals surface area (Å²) < 4.78 is 0. The van der Waals surface area contributed by atoms with E-state index < -0.39 is 0 Å². The Morgan fingerprint density at radius 2 is 1.97 bits per heavy atom. The highest BCUT2D eigenvalue weighted by Gasteiger charge is 2.30. The summed E-state index contributed by atoms with van der Waals surface area (Å²) in [6.45, 7) is 3.10. The minimum atomic E-state index is -0.106.